The number of aromatic amines is 2. The maximum Gasteiger partial charge on any atom is 0.271 e. The van der Waals surface area contributed by atoms with Crippen molar-refractivity contribution in [2.75, 3.05) is 0 Å². The first kappa shape index (κ1) is 7.91. The number of aromatic nitrogens is 2. The molecule has 3 N–H and O–H groups in total. The van der Waals surface area contributed by atoms with Crippen molar-refractivity contribution >= 4 is 0 Å². The minimum absolute atomic E-state index is 0.0382. The molecule has 4 heteroatoms. The van der Waals surface area contributed by atoms with Gasteiger partial charge in [-0.2, -0.15) is 0 Å². The maximum atomic E-state index is 10.9. The van der Waals surface area contributed by atoms with Crippen molar-refractivity contribution in [3.05, 3.63) is 15.9 Å². The number of H-pyrrole nitrogens is 2. The van der Waals surface area contributed by atoms with Crippen molar-refractivity contribution < 1.29 is 5.11 Å². The van der Waals surface area contributed by atoms with Crippen LogP contribution in [0.25, 0.3) is 0 Å². The maximum absolute atomic E-state index is 10.9. The second-order valence-corrected chi connectivity index (χ2v) is 3.00. The number of hydrogen-bond donors (Lipinski definition) is 3. The zero-order valence-electron chi connectivity index (χ0n) is 6.64. The highest BCUT2D eigenvalue weighted by atomic mass is 16.3. The molecular formula is C7H12N2O2. The Hall–Kier alpha value is -1.19. The standard InChI is InChI=1S/C7H12N2O2/c1-4(2)3-5-6(10)8-9-7(5)11/h4H,3H2,1-2H3,(H3,8,9,10,11). The van der Waals surface area contributed by atoms with E-state index in [2.05, 4.69) is 10.2 Å². The second kappa shape index (κ2) is 2.82. The normalized spacial score (nSPS) is 10.8. The van der Waals surface area contributed by atoms with Crippen LogP contribution in [0.2, 0.25) is 0 Å². The zero-order chi connectivity index (χ0) is 8.43. The molecule has 0 aliphatic heterocycles. The van der Waals surface area contributed by atoms with Gasteiger partial charge in [0, 0.05) is 0 Å². The van der Waals surface area contributed by atoms with Crippen LogP contribution in [0, 0.1) is 5.92 Å². The summed E-state index contributed by atoms with van der Waals surface area (Å²) in [7, 11) is 0. The van der Waals surface area contributed by atoms with Gasteiger partial charge in [-0.1, -0.05) is 13.8 Å². The van der Waals surface area contributed by atoms with E-state index >= 15 is 0 Å². The van der Waals surface area contributed by atoms with Crippen molar-refractivity contribution in [2.45, 2.75) is 20.3 Å². The Morgan fingerprint density at radius 3 is 2.45 bits per heavy atom. The molecule has 11 heavy (non-hydrogen) atoms. The predicted molar refractivity (Wildman–Crippen MR) is 41.6 cm³/mol. The fraction of sp³-hybridized carbons (Fsp3) is 0.571. The van der Waals surface area contributed by atoms with Crippen LogP contribution in [0.4, 0.5) is 0 Å². The van der Waals surface area contributed by atoms with Gasteiger partial charge in [-0.25, -0.2) is 0 Å². The molecule has 0 amide bonds. The van der Waals surface area contributed by atoms with E-state index < -0.39 is 0 Å². The highest BCUT2D eigenvalue weighted by Crippen LogP contribution is 2.11. The summed E-state index contributed by atoms with van der Waals surface area (Å²) in [6.45, 7) is 3.98. The van der Waals surface area contributed by atoms with Gasteiger partial charge in [0.15, 0.2) is 0 Å². The Balaban J connectivity index is 2.92. The lowest BCUT2D eigenvalue weighted by atomic mass is 10.1. The van der Waals surface area contributed by atoms with Gasteiger partial charge in [-0.15, -0.1) is 0 Å². The minimum atomic E-state index is -0.226. The van der Waals surface area contributed by atoms with E-state index in [0.717, 1.165) is 0 Å². The van der Waals surface area contributed by atoms with Gasteiger partial charge in [-0.3, -0.25) is 15.0 Å². The SMILES string of the molecule is CC(C)Cc1c(O)[nH][nH]c1=O. The summed E-state index contributed by atoms with van der Waals surface area (Å²) >= 11 is 0. The summed E-state index contributed by atoms with van der Waals surface area (Å²) < 4.78 is 0. The largest absolute Gasteiger partial charge is 0.493 e. The van der Waals surface area contributed by atoms with Crippen LogP contribution in [0.5, 0.6) is 5.88 Å². The number of aromatic hydroxyl groups is 1. The van der Waals surface area contributed by atoms with Crippen LogP contribution in [0.1, 0.15) is 19.4 Å². The molecule has 0 aromatic carbocycles. The van der Waals surface area contributed by atoms with Crippen molar-refractivity contribution in [3.8, 4) is 5.88 Å². The van der Waals surface area contributed by atoms with Crippen LogP contribution in [-0.2, 0) is 6.42 Å². The van der Waals surface area contributed by atoms with E-state index in [1.165, 1.54) is 0 Å². The van der Waals surface area contributed by atoms with Crippen LogP contribution >= 0.6 is 0 Å². The lowest BCUT2D eigenvalue weighted by molar-refractivity contribution is 0.441. The molecule has 1 aromatic rings. The fourth-order valence-electron chi connectivity index (χ4n) is 0.972. The lowest BCUT2D eigenvalue weighted by Crippen LogP contribution is -2.08. The summed E-state index contributed by atoms with van der Waals surface area (Å²) in [5.74, 6) is 0.335. The molecule has 0 fully saturated rings. The van der Waals surface area contributed by atoms with Crippen LogP contribution in [-0.4, -0.2) is 15.3 Å². The summed E-state index contributed by atoms with van der Waals surface area (Å²) in [5.41, 5.74) is 0.219. The van der Waals surface area contributed by atoms with E-state index in [9.17, 15) is 4.79 Å². The third-order valence-corrected chi connectivity index (χ3v) is 1.47. The van der Waals surface area contributed by atoms with Crippen LogP contribution in [0.15, 0.2) is 4.79 Å². The molecule has 1 aromatic heterocycles. The Bertz CT molecular complexity index is 285. The topological polar surface area (TPSA) is 68.9 Å². The van der Waals surface area contributed by atoms with Crippen LogP contribution in [0.3, 0.4) is 0 Å². The Morgan fingerprint density at radius 1 is 1.45 bits per heavy atom. The summed E-state index contributed by atoms with van der Waals surface area (Å²) in [4.78, 5) is 10.9. The van der Waals surface area contributed by atoms with Crippen molar-refractivity contribution in [1.82, 2.24) is 10.2 Å². The number of hydrogen-bond acceptors (Lipinski definition) is 2. The van der Waals surface area contributed by atoms with E-state index in [-0.39, 0.29) is 11.4 Å². The summed E-state index contributed by atoms with van der Waals surface area (Å²) in [5, 5.41) is 13.8. The molecule has 0 unspecified atom stereocenters. The average Bonchev–Trinajstić information content (AvgIpc) is 2.18. The molecule has 0 atom stereocenters. The van der Waals surface area contributed by atoms with Gasteiger partial charge in [0.05, 0.1) is 5.56 Å². The van der Waals surface area contributed by atoms with E-state index in [1.807, 2.05) is 13.8 Å². The van der Waals surface area contributed by atoms with Gasteiger partial charge in [0.25, 0.3) is 5.56 Å². The first-order valence-corrected chi connectivity index (χ1v) is 3.59. The molecule has 0 aliphatic rings. The molecule has 62 valence electrons. The molecule has 0 spiro atoms. The van der Waals surface area contributed by atoms with Crippen LogP contribution < -0.4 is 5.56 Å². The first-order valence-electron chi connectivity index (χ1n) is 3.59. The van der Waals surface area contributed by atoms with Crippen molar-refractivity contribution in [1.29, 1.82) is 0 Å². The van der Waals surface area contributed by atoms with Crippen molar-refractivity contribution in [3.63, 3.8) is 0 Å². The first-order chi connectivity index (χ1) is 5.11. The highest BCUT2D eigenvalue weighted by Gasteiger charge is 2.09. The Kier molecular flexibility index (Phi) is 2.03. The molecule has 4 nitrogen and oxygen atoms in total. The molecule has 0 bridgehead atoms. The van der Waals surface area contributed by atoms with Gasteiger partial charge in [0.1, 0.15) is 0 Å². The fourth-order valence-corrected chi connectivity index (χ4v) is 0.972. The van der Waals surface area contributed by atoms with E-state index in [1.54, 1.807) is 0 Å². The predicted octanol–water partition coefficient (Wildman–Crippen LogP) is 0.607. The Labute approximate surface area is 64.2 Å². The van der Waals surface area contributed by atoms with Crippen molar-refractivity contribution in [2.24, 2.45) is 5.92 Å². The molecule has 1 rings (SSSR count). The number of rotatable bonds is 2. The molecular weight excluding hydrogens is 144 g/mol. The minimum Gasteiger partial charge on any atom is -0.493 e. The monoisotopic (exact) mass is 156 g/mol. The smallest absolute Gasteiger partial charge is 0.271 e. The third kappa shape index (κ3) is 1.63. The molecule has 1 heterocycles. The van der Waals surface area contributed by atoms with Gasteiger partial charge in [0.2, 0.25) is 5.88 Å². The molecule has 0 radical (unpaired) electrons. The third-order valence-electron chi connectivity index (χ3n) is 1.47. The van der Waals surface area contributed by atoms with Gasteiger partial charge >= 0.3 is 0 Å². The Morgan fingerprint density at radius 2 is 2.09 bits per heavy atom. The van der Waals surface area contributed by atoms with Gasteiger partial charge in [-0.05, 0) is 12.3 Å². The zero-order valence-corrected chi connectivity index (χ0v) is 6.64. The second-order valence-electron chi connectivity index (χ2n) is 3.00. The molecule has 0 saturated heterocycles. The quantitative estimate of drug-likeness (QED) is 0.587. The molecule has 0 saturated carbocycles. The van der Waals surface area contributed by atoms with E-state index in [4.69, 9.17) is 5.11 Å². The highest BCUT2D eigenvalue weighted by molar-refractivity contribution is 5.21. The van der Waals surface area contributed by atoms with Gasteiger partial charge < -0.3 is 5.11 Å². The number of nitrogens with one attached hydrogen (secondary N) is 2. The van der Waals surface area contributed by atoms with E-state index in [0.29, 0.717) is 17.9 Å². The molecule has 0 aliphatic carbocycles. The summed E-state index contributed by atoms with van der Waals surface area (Å²) in [6.07, 6.45) is 0.602. The average molecular weight is 156 g/mol. The summed E-state index contributed by atoms with van der Waals surface area (Å²) in [6, 6.07) is 0. The lowest BCUT2D eigenvalue weighted by Gasteiger charge is -1.99.